The van der Waals surface area contributed by atoms with E-state index < -0.39 is 0 Å². The number of thiocarbonyl (C=S) groups is 1. The second kappa shape index (κ2) is 8.81. The lowest BCUT2D eigenvalue weighted by Gasteiger charge is -2.37. The Kier molecular flexibility index (Phi) is 6.24. The standard InChI is InChI=1S/C20H25N3O3S/c1-24-16-6-4-5-15(13-16)22-9-11-23(12-10-22)20(27)21-18-8-7-17(25-2)14-19(18)26-3/h4-8,13-14H,9-12H2,1-3H3,(H,21,27). The van der Waals surface area contributed by atoms with Crippen LogP contribution in [0.5, 0.6) is 17.2 Å². The highest BCUT2D eigenvalue weighted by atomic mass is 32.1. The van der Waals surface area contributed by atoms with Crippen molar-refractivity contribution in [2.24, 2.45) is 0 Å². The number of benzene rings is 2. The third-order valence-corrected chi connectivity index (χ3v) is 5.00. The molecule has 27 heavy (non-hydrogen) atoms. The summed E-state index contributed by atoms with van der Waals surface area (Å²) < 4.78 is 16.0. The maximum atomic E-state index is 5.61. The number of hydrogen-bond acceptors (Lipinski definition) is 5. The van der Waals surface area contributed by atoms with Gasteiger partial charge in [-0.15, -0.1) is 0 Å². The van der Waals surface area contributed by atoms with Crippen LogP contribution in [0.25, 0.3) is 0 Å². The molecule has 3 rings (SSSR count). The van der Waals surface area contributed by atoms with Crippen molar-refractivity contribution < 1.29 is 14.2 Å². The van der Waals surface area contributed by atoms with E-state index in [1.807, 2.05) is 30.3 Å². The molecule has 0 bridgehead atoms. The van der Waals surface area contributed by atoms with Gasteiger partial charge in [0.25, 0.3) is 0 Å². The van der Waals surface area contributed by atoms with Gasteiger partial charge in [0.05, 0.1) is 27.0 Å². The maximum absolute atomic E-state index is 5.61. The van der Waals surface area contributed by atoms with Gasteiger partial charge in [-0.25, -0.2) is 0 Å². The second-order valence-electron chi connectivity index (χ2n) is 6.17. The number of hydrogen-bond donors (Lipinski definition) is 1. The molecule has 0 aromatic heterocycles. The third kappa shape index (κ3) is 4.54. The molecule has 6 nitrogen and oxygen atoms in total. The summed E-state index contributed by atoms with van der Waals surface area (Å²) >= 11 is 5.61. The first-order valence-electron chi connectivity index (χ1n) is 8.81. The van der Waals surface area contributed by atoms with E-state index in [1.54, 1.807) is 21.3 Å². The largest absolute Gasteiger partial charge is 0.497 e. The summed E-state index contributed by atoms with van der Waals surface area (Å²) in [6.45, 7) is 3.49. The molecule has 1 aliphatic rings. The molecule has 7 heteroatoms. The zero-order chi connectivity index (χ0) is 19.2. The fourth-order valence-corrected chi connectivity index (χ4v) is 3.36. The zero-order valence-corrected chi connectivity index (χ0v) is 16.7. The smallest absolute Gasteiger partial charge is 0.173 e. The summed E-state index contributed by atoms with van der Waals surface area (Å²) in [5, 5.41) is 3.99. The molecule has 144 valence electrons. The van der Waals surface area contributed by atoms with Gasteiger partial charge < -0.3 is 29.3 Å². The van der Waals surface area contributed by atoms with Crippen molar-refractivity contribution in [1.82, 2.24) is 4.90 Å². The SMILES string of the molecule is COc1cccc(N2CCN(C(=S)Nc3ccc(OC)cc3OC)CC2)c1. The van der Waals surface area contributed by atoms with E-state index in [4.69, 9.17) is 26.4 Å². The van der Waals surface area contributed by atoms with Crippen LogP contribution in [-0.4, -0.2) is 57.5 Å². The van der Waals surface area contributed by atoms with Crippen LogP contribution in [0, 0.1) is 0 Å². The van der Waals surface area contributed by atoms with E-state index in [0.717, 1.165) is 43.4 Å². The first kappa shape index (κ1) is 19.1. The van der Waals surface area contributed by atoms with Crippen LogP contribution >= 0.6 is 12.2 Å². The Bertz CT molecular complexity index is 792. The molecule has 0 saturated carbocycles. The molecule has 2 aromatic carbocycles. The fourth-order valence-electron chi connectivity index (χ4n) is 3.07. The van der Waals surface area contributed by atoms with E-state index in [0.29, 0.717) is 10.9 Å². The van der Waals surface area contributed by atoms with Gasteiger partial charge in [-0.3, -0.25) is 0 Å². The predicted octanol–water partition coefficient (Wildman–Crippen LogP) is 3.23. The van der Waals surface area contributed by atoms with Gasteiger partial charge in [0.2, 0.25) is 0 Å². The first-order valence-corrected chi connectivity index (χ1v) is 9.22. The average molecular weight is 388 g/mol. The summed E-state index contributed by atoms with van der Waals surface area (Å²) in [5.41, 5.74) is 2.00. The molecule has 1 aliphatic heterocycles. The second-order valence-corrected chi connectivity index (χ2v) is 6.56. The number of methoxy groups -OCH3 is 3. The van der Waals surface area contributed by atoms with Crippen LogP contribution in [0.15, 0.2) is 42.5 Å². The van der Waals surface area contributed by atoms with Crippen molar-refractivity contribution in [1.29, 1.82) is 0 Å². The molecule has 0 spiro atoms. The van der Waals surface area contributed by atoms with Crippen LogP contribution in [0.3, 0.4) is 0 Å². The number of nitrogens with one attached hydrogen (secondary N) is 1. The van der Waals surface area contributed by atoms with E-state index in [2.05, 4.69) is 27.2 Å². The molecule has 0 aliphatic carbocycles. The molecule has 2 aromatic rings. The lowest BCUT2D eigenvalue weighted by atomic mass is 10.2. The zero-order valence-electron chi connectivity index (χ0n) is 15.9. The minimum atomic E-state index is 0.698. The fraction of sp³-hybridized carbons (Fsp3) is 0.350. The van der Waals surface area contributed by atoms with Gasteiger partial charge >= 0.3 is 0 Å². The van der Waals surface area contributed by atoms with E-state index in [1.165, 1.54) is 5.69 Å². The molecule has 0 radical (unpaired) electrons. The van der Waals surface area contributed by atoms with Gasteiger partial charge in [0, 0.05) is 44.0 Å². The Morgan fingerprint density at radius 3 is 2.26 bits per heavy atom. The molecule has 1 saturated heterocycles. The number of ether oxygens (including phenoxy) is 3. The molecular weight excluding hydrogens is 362 g/mol. The monoisotopic (exact) mass is 387 g/mol. The third-order valence-electron chi connectivity index (χ3n) is 4.64. The highest BCUT2D eigenvalue weighted by Crippen LogP contribution is 2.29. The molecule has 1 N–H and O–H groups in total. The molecule has 0 unspecified atom stereocenters. The lowest BCUT2D eigenvalue weighted by Crippen LogP contribution is -2.50. The van der Waals surface area contributed by atoms with E-state index >= 15 is 0 Å². The predicted molar refractivity (Wildman–Crippen MR) is 113 cm³/mol. The van der Waals surface area contributed by atoms with Crippen LogP contribution in [-0.2, 0) is 0 Å². The Morgan fingerprint density at radius 2 is 1.59 bits per heavy atom. The molecule has 1 fully saturated rings. The van der Waals surface area contributed by atoms with Crippen molar-refractivity contribution in [3.8, 4) is 17.2 Å². The van der Waals surface area contributed by atoms with E-state index in [9.17, 15) is 0 Å². The van der Waals surface area contributed by atoms with Crippen LogP contribution in [0.4, 0.5) is 11.4 Å². The van der Waals surface area contributed by atoms with Gasteiger partial charge in [-0.05, 0) is 36.5 Å². The molecule has 1 heterocycles. The van der Waals surface area contributed by atoms with Crippen LogP contribution in [0.1, 0.15) is 0 Å². The van der Waals surface area contributed by atoms with Crippen molar-refractivity contribution >= 4 is 28.7 Å². The summed E-state index contributed by atoms with van der Waals surface area (Å²) in [6.07, 6.45) is 0. The van der Waals surface area contributed by atoms with E-state index in [-0.39, 0.29) is 0 Å². The first-order chi connectivity index (χ1) is 13.1. The highest BCUT2D eigenvalue weighted by molar-refractivity contribution is 7.80. The number of rotatable bonds is 5. The average Bonchev–Trinajstić information content (AvgIpc) is 2.74. The van der Waals surface area contributed by atoms with Crippen molar-refractivity contribution in [2.45, 2.75) is 0 Å². The summed E-state index contributed by atoms with van der Waals surface area (Å²) in [6, 6.07) is 13.8. The lowest BCUT2D eigenvalue weighted by molar-refractivity contribution is 0.387. The Hall–Kier alpha value is -2.67. The topological polar surface area (TPSA) is 46.2 Å². The minimum absolute atomic E-state index is 0.698. The van der Waals surface area contributed by atoms with Gasteiger partial charge in [0.1, 0.15) is 17.2 Å². The Morgan fingerprint density at radius 1 is 0.889 bits per heavy atom. The maximum Gasteiger partial charge on any atom is 0.173 e. The summed E-state index contributed by atoms with van der Waals surface area (Å²) in [5.74, 6) is 2.32. The highest BCUT2D eigenvalue weighted by Gasteiger charge is 2.20. The van der Waals surface area contributed by atoms with Gasteiger partial charge in [-0.2, -0.15) is 0 Å². The quantitative estimate of drug-likeness (QED) is 0.791. The summed E-state index contributed by atoms with van der Waals surface area (Å²) in [4.78, 5) is 4.52. The number of nitrogens with zero attached hydrogens (tertiary/aromatic N) is 2. The van der Waals surface area contributed by atoms with Crippen molar-refractivity contribution in [2.75, 3.05) is 57.7 Å². The molecular formula is C20H25N3O3S. The number of piperazine rings is 1. The minimum Gasteiger partial charge on any atom is -0.497 e. The number of anilines is 2. The molecule has 0 atom stereocenters. The molecule has 0 amide bonds. The normalized spacial score (nSPS) is 13.9. The van der Waals surface area contributed by atoms with Gasteiger partial charge in [-0.1, -0.05) is 6.07 Å². The van der Waals surface area contributed by atoms with Gasteiger partial charge in [0.15, 0.2) is 5.11 Å². The van der Waals surface area contributed by atoms with Crippen LogP contribution in [0.2, 0.25) is 0 Å². The van der Waals surface area contributed by atoms with Crippen molar-refractivity contribution in [3.05, 3.63) is 42.5 Å². The van der Waals surface area contributed by atoms with Crippen LogP contribution < -0.4 is 24.4 Å². The Balaban J connectivity index is 1.60. The Labute approximate surface area is 165 Å². The van der Waals surface area contributed by atoms with Crippen molar-refractivity contribution in [3.63, 3.8) is 0 Å². The summed E-state index contributed by atoms with van der Waals surface area (Å²) in [7, 11) is 4.96.